The average Bonchev–Trinajstić information content (AvgIpc) is 3.07. The van der Waals surface area contributed by atoms with E-state index >= 15 is 0 Å². The third-order valence-corrected chi connectivity index (χ3v) is 11.1. The van der Waals surface area contributed by atoms with Crippen LogP contribution in [-0.2, 0) is 0 Å². The van der Waals surface area contributed by atoms with Gasteiger partial charge in [0.25, 0.3) is 0 Å². The molecule has 1 nitrogen and oxygen atoms in total. The van der Waals surface area contributed by atoms with Crippen molar-refractivity contribution in [2.45, 2.75) is 131 Å². The second-order valence-electron chi connectivity index (χ2n) is 13.2. The van der Waals surface area contributed by atoms with Gasteiger partial charge in [-0.15, -0.1) is 0 Å². The van der Waals surface area contributed by atoms with Gasteiger partial charge in [-0.3, -0.25) is 0 Å². The van der Waals surface area contributed by atoms with Gasteiger partial charge in [0.1, 0.15) is 0 Å². The van der Waals surface area contributed by atoms with Gasteiger partial charge in [0.15, 0.2) is 0 Å². The van der Waals surface area contributed by atoms with Crippen molar-refractivity contribution >= 4 is 0 Å². The van der Waals surface area contributed by atoms with Crippen molar-refractivity contribution in [1.29, 1.82) is 0 Å². The molecule has 0 amide bonds. The number of hydrogen-bond acceptors (Lipinski definition) is 1. The molecule has 31 heavy (non-hydrogen) atoms. The van der Waals surface area contributed by atoms with Gasteiger partial charge >= 0.3 is 0 Å². The van der Waals surface area contributed by atoms with Crippen molar-refractivity contribution < 1.29 is 5.11 Å². The number of rotatable bonds is 7. The van der Waals surface area contributed by atoms with Crippen LogP contribution in [-0.4, -0.2) is 11.2 Å². The maximum atomic E-state index is 10.8. The molecular weight excluding hydrogens is 376 g/mol. The fraction of sp³-hybridized carbons (Fsp3) is 0.933. The van der Waals surface area contributed by atoms with E-state index in [-0.39, 0.29) is 6.10 Å². The second-order valence-corrected chi connectivity index (χ2v) is 13.2. The Morgan fingerprint density at radius 2 is 1.74 bits per heavy atom. The Hall–Kier alpha value is -0.300. The molecule has 0 aliphatic heterocycles. The number of aliphatic hydroxyl groups is 1. The van der Waals surface area contributed by atoms with Crippen LogP contribution in [0, 0.1) is 46.3 Å². The smallest absolute Gasteiger partial charge is 0.0571 e. The Bertz CT molecular complexity index is 661. The Morgan fingerprint density at radius 1 is 0.968 bits per heavy atom. The van der Waals surface area contributed by atoms with Gasteiger partial charge in [-0.1, -0.05) is 78.4 Å². The van der Waals surface area contributed by atoms with Gasteiger partial charge in [0, 0.05) is 0 Å². The lowest BCUT2D eigenvalue weighted by Crippen LogP contribution is -2.49. The summed E-state index contributed by atoms with van der Waals surface area (Å²) >= 11 is 0. The monoisotopic (exact) mass is 428 g/mol. The molecule has 2 saturated carbocycles. The fourth-order valence-corrected chi connectivity index (χ4v) is 9.46. The minimum Gasteiger partial charge on any atom is -0.393 e. The highest BCUT2D eigenvalue weighted by atomic mass is 16.3. The van der Waals surface area contributed by atoms with Crippen molar-refractivity contribution in [2.75, 3.05) is 0 Å². The van der Waals surface area contributed by atoms with Crippen molar-refractivity contribution in [3.05, 3.63) is 11.1 Å². The molecule has 8 atom stereocenters. The van der Waals surface area contributed by atoms with Crippen LogP contribution in [0.5, 0.6) is 0 Å². The lowest BCUT2D eigenvalue weighted by Gasteiger charge is -2.57. The summed E-state index contributed by atoms with van der Waals surface area (Å²) in [5, 5.41) is 10.8. The predicted molar refractivity (Wildman–Crippen MR) is 133 cm³/mol. The molecule has 0 aromatic carbocycles. The van der Waals surface area contributed by atoms with Gasteiger partial charge in [-0.05, 0) is 104 Å². The van der Waals surface area contributed by atoms with Crippen LogP contribution in [0.4, 0.5) is 0 Å². The van der Waals surface area contributed by atoms with E-state index in [1.807, 2.05) is 11.1 Å². The maximum absolute atomic E-state index is 10.8. The SMILES string of the molecule is CCCC1C2CCC3=C(CC[C@]4(C)[C@@H]([C@H](C)CCCC(C)C)CC[C@@H]34)[C@@]2(C)CC[C@@H]1O. The highest BCUT2D eigenvalue weighted by molar-refractivity contribution is 5.34. The standard InChI is InChI=1S/C30H52O/c1-7-9-23-26-13-12-22-25-15-14-24(21(4)11-8-10-20(2)3)29(25,5)18-16-27(22)30(26,6)19-17-28(23)31/h20-21,23-26,28,31H,7-19H2,1-6H3/t21-,23?,24-,25+,26?,28+,29-,30+/m1/s1. The van der Waals surface area contributed by atoms with Gasteiger partial charge in [0.05, 0.1) is 6.10 Å². The lowest BCUT2D eigenvalue weighted by molar-refractivity contribution is -0.0451. The fourth-order valence-electron chi connectivity index (χ4n) is 9.46. The molecule has 0 bridgehead atoms. The van der Waals surface area contributed by atoms with Crippen LogP contribution in [0.15, 0.2) is 11.1 Å². The Morgan fingerprint density at radius 3 is 2.45 bits per heavy atom. The van der Waals surface area contributed by atoms with Crippen molar-refractivity contribution in [3.63, 3.8) is 0 Å². The van der Waals surface area contributed by atoms with Gasteiger partial charge in [0.2, 0.25) is 0 Å². The Balaban J connectivity index is 1.55. The molecule has 0 radical (unpaired) electrons. The summed E-state index contributed by atoms with van der Waals surface area (Å²) < 4.78 is 0. The van der Waals surface area contributed by atoms with Crippen LogP contribution in [0.3, 0.4) is 0 Å². The molecule has 1 heteroatoms. The Kier molecular flexibility index (Phi) is 7.04. The molecule has 2 fully saturated rings. The number of fused-ring (bicyclic) bond motifs is 4. The summed E-state index contributed by atoms with van der Waals surface area (Å²) in [6, 6.07) is 0. The van der Waals surface area contributed by atoms with E-state index in [0.29, 0.717) is 16.7 Å². The highest BCUT2D eigenvalue weighted by Gasteiger charge is 2.57. The zero-order valence-corrected chi connectivity index (χ0v) is 21.7. The predicted octanol–water partition coefficient (Wildman–Crippen LogP) is 8.56. The number of aliphatic hydroxyl groups excluding tert-OH is 1. The van der Waals surface area contributed by atoms with Crippen LogP contribution in [0.25, 0.3) is 0 Å². The maximum Gasteiger partial charge on any atom is 0.0571 e. The van der Waals surface area contributed by atoms with Crippen LogP contribution in [0.2, 0.25) is 0 Å². The van der Waals surface area contributed by atoms with E-state index in [0.717, 1.165) is 36.0 Å². The summed E-state index contributed by atoms with van der Waals surface area (Å²) in [6.45, 7) is 14.9. The molecule has 0 aromatic rings. The van der Waals surface area contributed by atoms with Crippen molar-refractivity contribution in [1.82, 2.24) is 0 Å². The van der Waals surface area contributed by atoms with Crippen LogP contribution < -0.4 is 0 Å². The molecule has 1 N–H and O–H groups in total. The van der Waals surface area contributed by atoms with E-state index < -0.39 is 0 Å². The molecule has 0 saturated heterocycles. The van der Waals surface area contributed by atoms with E-state index in [2.05, 4.69) is 41.5 Å². The molecule has 4 rings (SSSR count). The summed E-state index contributed by atoms with van der Waals surface area (Å²) in [6.07, 6.45) is 17.3. The average molecular weight is 429 g/mol. The largest absolute Gasteiger partial charge is 0.393 e. The third-order valence-electron chi connectivity index (χ3n) is 11.1. The molecule has 2 unspecified atom stereocenters. The molecule has 4 aliphatic carbocycles. The summed E-state index contributed by atoms with van der Waals surface area (Å²) in [5.41, 5.74) is 4.76. The van der Waals surface area contributed by atoms with Crippen molar-refractivity contribution in [3.8, 4) is 0 Å². The third kappa shape index (κ3) is 4.08. The van der Waals surface area contributed by atoms with E-state index in [9.17, 15) is 5.11 Å². The zero-order valence-electron chi connectivity index (χ0n) is 21.7. The minimum atomic E-state index is -0.0448. The molecule has 0 heterocycles. The van der Waals surface area contributed by atoms with Crippen LogP contribution in [0.1, 0.15) is 125 Å². The summed E-state index contributed by atoms with van der Waals surface area (Å²) in [7, 11) is 0. The summed E-state index contributed by atoms with van der Waals surface area (Å²) in [4.78, 5) is 0. The molecule has 178 valence electrons. The normalized spacial score (nSPS) is 43.5. The zero-order chi connectivity index (χ0) is 22.4. The van der Waals surface area contributed by atoms with Gasteiger partial charge in [-0.2, -0.15) is 0 Å². The van der Waals surface area contributed by atoms with Gasteiger partial charge in [-0.25, -0.2) is 0 Å². The summed E-state index contributed by atoms with van der Waals surface area (Å²) in [5.74, 6) is 4.81. The van der Waals surface area contributed by atoms with E-state index in [1.54, 1.807) is 0 Å². The second kappa shape index (κ2) is 9.15. The lowest BCUT2D eigenvalue weighted by atomic mass is 9.48. The first-order valence-corrected chi connectivity index (χ1v) is 14.1. The first-order valence-electron chi connectivity index (χ1n) is 14.1. The molecule has 4 aliphatic rings. The topological polar surface area (TPSA) is 20.2 Å². The van der Waals surface area contributed by atoms with E-state index in [1.165, 1.54) is 77.0 Å². The first-order chi connectivity index (χ1) is 14.7. The Labute approximate surface area is 193 Å². The first kappa shape index (κ1) is 23.8. The van der Waals surface area contributed by atoms with Gasteiger partial charge < -0.3 is 5.11 Å². The number of hydrogen-bond donors (Lipinski definition) is 1. The molecule has 0 aromatic heterocycles. The number of allylic oxidation sites excluding steroid dienone is 2. The molecular formula is C30H52O. The van der Waals surface area contributed by atoms with Crippen molar-refractivity contribution in [2.24, 2.45) is 46.3 Å². The minimum absolute atomic E-state index is 0.0448. The highest BCUT2D eigenvalue weighted by Crippen LogP contribution is 2.66. The molecule has 0 spiro atoms. The van der Waals surface area contributed by atoms with E-state index in [4.69, 9.17) is 0 Å². The quantitative estimate of drug-likeness (QED) is 0.403. The van der Waals surface area contributed by atoms with Crippen LogP contribution >= 0.6 is 0 Å².